The number of nitrogens with two attached hydrogens (primary N) is 1. The molecule has 3 N–H and O–H groups in total. The first-order valence-electron chi connectivity index (χ1n) is 5.54. The second kappa shape index (κ2) is 5.61. The average Bonchev–Trinajstić information content (AvgIpc) is 2.36. The Morgan fingerprint density at radius 3 is 2.39 bits per heavy atom. The lowest BCUT2D eigenvalue weighted by Gasteiger charge is -2.13. The Balaban J connectivity index is 2.18. The molecule has 0 aliphatic rings. The van der Waals surface area contributed by atoms with Gasteiger partial charge in [-0.15, -0.1) is 0 Å². The van der Waals surface area contributed by atoms with Gasteiger partial charge in [-0.25, -0.2) is 0 Å². The fourth-order valence-corrected chi connectivity index (χ4v) is 2.15. The van der Waals surface area contributed by atoms with Crippen LogP contribution >= 0.6 is 23.2 Å². The summed E-state index contributed by atoms with van der Waals surface area (Å²) < 4.78 is 0. The van der Waals surface area contributed by atoms with Crippen LogP contribution in [0, 0.1) is 0 Å². The Morgan fingerprint density at radius 1 is 1.06 bits per heavy atom. The van der Waals surface area contributed by atoms with E-state index in [1.165, 1.54) is 0 Å². The van der Waals surface area contributed by atoms with Crippen molar-refractivity contribution in [2.45, 2.75) is 12.5 Å². The summed E-state index contributed by atoms with van der Waals surface area (Å²) in [5.74, 6) is 0. The van der Waals surface area contributed by atoms with Crippen LogP contribution in [0.2, 0.25) is 10.0 Å². The molecule has 2 aromatic carbocycles. The molecule has 94 valence electrons. The summed E-state index contributed by atoms with van der Waals surface area (Å²) in [7, 11) is 0. The number of benzene rings is 2. The van der Waals surface area contributed by atoms with Crippen LogP contribution in [0.15, 0.2) is 42.5 Å². The van der Waals surface area contributed by atoms with Crippen molar-refractivity contribution in [1.82, 2.24) is 0 Å². The second-order valence-corrected chi connectivity index (χ2v) is 4.88. The normalized spacial score (nSPS) is 12.4. The SMILES string of the molecule is Nc1ccc(C(O)Cc2cccc(Cl)c2Cl)cc1. The van der Waals surface area contributed by atoms with Gasteiger partial charge in [-0.05, 0) is 29.3 Å². The van der Waals surface area contributed by atoms with Gasteiger partial charge >= 0.3 is 0 Å². The minimum absolute atomic E-state index is 0.420. The maximum atomic E-state index is 10.1. The topological polar surface area (TPSA) is 46.2 Å². The highest BCUT2D eigenvalue weighted by molar-refractivity contribution is 6.42. The van der Waals surface area contributed by atoms with Crippen molar-refractivity contribution in [3.63, 3.8) is 0 Å². The summed E-state index contributed by atoms with van der Waals surface area (Å²) >= 11 is 12.0. The monoisotopic (exact) mass is 281 g/mol. The standard InChI is InChI=1S/C14H13Cl2NO/c15-12-3-1-2-10(14(12)16)8-13(18)9-4-6-11(17)7-5-9/h1-7,13,18H,8,17H2. The first-order valence-corrected chi connectivity index (χ1v) is 6.30. The third kappa shape index (κ3) is 2.96. The van der Waals surface area contributed by atoms with Crippen LogP contribution in [-0.2, 0) is 6.42 Å². The molecular weight excluding hydrogens is 269 g/mol. The predicted molar refractivity (Wildman–Crippen MR) is 76.0 cm³/mol. The van der Waals surface area contributed by atoms with Crippen LogP contribution in [0.3, 0.4) is 0 Å². The molecule has 0 heterocycles. The third-order valence-electron chi connectivity index (χ3n) is 2.77. The Bertz CT molecular complexity index is 540. The molecular formula is C14H13Cl2NO. The first-order chi connectivity index (χ1) is 8.58. The van der Waals surface area contributed by atoms with Gasteiger partial charge in [0, 0.05) is 12.1 Å². The zero-order valence-corrected chi connectivity index (χ0v) is 11.1. The highest BCUT2D eigenvalue weighted by atomic mass is 35.5. The van der Waals surface area contributed by atoms with Crippen LogP contribution < -0.4 is 5.73 Å². The number of nitrogen functional groups attached to an aromatic ring is 1. The number of aliphatic hydroxyl groups is 1. The van der Waals surface area contributed by atoms with E-state index in [4.69, 9.17) is 28.9 Å². The van der Waals surface area contributed by atoms with Crippen molar-refractivity contribution >= 4 is 28.9 Å². The van der Waals surface area contributed by atoms with Gasteiger partial charge in [-0.3, -0.25) is 0 Å². The zero-order valence-electron chi connectivity index (χ0n) is 9.61. The minimum atomic E-state index is -0.624. The molecule has 1 unspecified atom stereocenters. The van der Waals surface area contributed by atoms with Crippen LogP contribution in [0.1, 0.15) is 17.2 Å². The molecule has 0 saturated carbocycles. The smallest absolute Gasteiger partial charge is 0.0830 e. The van der Waals surface area contributed by atoms with Crippen molar-refractivity contribution in [1.29, 1.82) is 0 Å². The fraction of sp³-hybridized carbons (Fsp3) is 0.143. The van der Waals surface area contributed by atoms with Crippen molar-refractivity contribution in [2.24, 2.45) is 0 Å². The van der Waals surface area contributed by atoms with Gasteiger partial charge < -0.3 is 10.8 Å². The molecule has 2 aromatic rings. The maximum Gasteiger partial charge on any atom is 0.0830 e. The van der Waals surface area contributed by atoms with Gasteiger partial charge in [0.25, 0.3) is 0 Å². The molecule has 0 fully saturated rings. The number of halogens is 2. The largest absolute Gasteiger partial charge is 0.399 e. The third-order valence-corrected chi connectivity index (χ3v) is 3.62. The molecule has 0 bridgehead atoms. The zero-order chi connectivity index (χ0) is 13.1. The Kier molecular flexibility index (Phi) is 4.12. The van der Waals surface area contributed by atoms with E-state index in [0.717, 1.165) is 11.1 Å². The maximum absolute atomic E-state index is 10.1. The summed E-state index contributed by atoms with van der Waals surface area (Å²) in [5.41, 5.74) is 7.91. The molecule has 0 aliphatic heterocycles. The number of rotatable bonds is 3. The number of anilines is 1. The molecule has 0 radical (unpaired) electrons. The van der Waals surface area contributed by atoms with E-state index in [2.05, 4.69) is 0 Å². The minimum Gasteiger partial charge on any atom is -0.399 e. The molecule has 2 rings (SSSR count). The summed E-state index contributed by atoms with van der Waals surface area (Å²) in [6.45, 7) is 0. The van der Waals surface area contributed by atoms with E-state index in [0.29, 0.717) is 22.2 Å². The van der Waals surface area contributed by atoms with Crippen molar-refractivity contribution < 1.29 is 5.11 Å². The molecule has 0 saturated heterocycles. The second-order valence-electron chi connectivity index (χ2n) is 4.10. The van der Waals surface area contributed by atoms with Crippen LogP contribution in [0.4, 0.5) is 5.69 Å². The van der Waals surface area contributed by atoms with Crippen molar-refractivity contribution in [2.75, 3.05) is 5.73 Å². The van der Waals surface area contributed by atoms with E-state index >= 15 is 0 Å². The molecule has 0 spiro atoms. The molecule has 4 heteroatoms. The average molecular weight is 282 g/mol. The van der Waals surface area contributed by atoms with Gasteiger partial charge in [-0.1, -0.05) is 47.5 Å². The first kappa shape index (κ1) is 13.2. The highest BCUT2D eigenvalue weighted by Gasteiger charge is 2.12. The molecule has 2 nitrogen and oxygen atoms in total. The van der Waals surface area contributed by atoms with Crippen molar-refractivity contribution in [3.8, 4) is 0 Å². The lowest BCUT2D eigenvalue weighted by atomic mass is 10.0. The van der Waals surface area contributed by atoms with Gasteiger partial charge in [0.15, 0.2) is 0 Å². The van der Waals surface area contributed by atoms with Crippen molar-refractivity contribution in [3.05, 3.63) is 63.6 Å². The van der Waals surface area contributed by atoms with Crippen LogP contribution in [0.25, 0.3) is 0 Å². The quantitative estimate of drug-likeness (QED) is 0.840. The highest BCUT2D eigenvalue weighted by Crippen LogP contribution is 2.29. The van der Waals surface area contributed by atoms with Gasteiger partial charge in [0.05, 0.1) is 16.1 Å². The summed E-state index contributed by atoms with van der Waals surface area (Å²) in [6.07, 6.45) is -0.204. The molecule has 0 amide bonds. The van der Waals surface area contributed by atoms with Gasteiger partial charge in [0.1, 0.15) is 0 Å². The molecule has 0 aliphatic carbocycles. The molecule has 0 aromatic heterocycles. The fourth-order valence-electron chi connectivity index (χ4n) is 1.75. The summed E-state index contributed by atoms with van der Waals surface area (Å²) in [4.78, 5) is 0. The van der Waals surface area contributed by atoms with Crippen LogP contribution in [0.5, 0.6) is 0 Å². The molecule has 18 heavy (non-hydrogen) atoms. The van der Waals surface area contributed by atoms with E-state index in [1.54, 1.807) is 30.3 Å². The lowest BCUT2D eigenvalue weighted by Crippen LogP contribution is -2.02. The van der Waals surface area contributed by atoms with Crippen LogP contribution in [-0.4, -0.2) is 5.11 Å². The van der Waals surface area contributed by atoms with E-state index in [1.807, 2.05) is 12.1 Å². The molecule has 1 atom stereocenters. The number of hydrogen-bond acceptors (Lipinski definition) is 2. The Hall–Kier alpha value is -1.22. The Labute approximate surface area is 116 Å². The van der Waals surface area contributed by atoms with E-state index in [-0.39, 0.29) is 0 Å². The summed E-state index contributed by atoms with van der Waals surface area (Å²) in [5, 5.41) is 11.1. The number of hydrogen-bond donors (Lipinski definition) is 2. The predicted octanol–water partition coefficient (Wildman–Crippen LogP) is 3.85. The number of aliphatic hydroxyl groups excluding tert-OH is 1. The van der Waals surface area contributed by atoms with E-state index in [9.17, 15) is 5.11 Å². The lowest BCUT2D eigenvalue weighted by molar-refractivity contribution is 0.178. The van der Waals surface area contributed by atoms with Gasteiger partial charge in [-0.2, -0.15) is 0 Å². The van der Waals surface area contributed by atoms with E-state index < -0.39 is 6.10 Å². The van der Waals surface area contributed by atoms with Gasteiger partial charge in [0.2, 0.25) is 0 Å². The Morgan fingerprint density at radius 2 is 1.72 bits per heavy atom. The summed E-state index contributed by atoms with van der Waals surface area (Å²) in [6, 6.07) is 12.5.